The van der Waals surface area contributed by atoms with E-state index in [0.29, 0.717) is 32.2 Å². The van der Waals surface area contributed by atoms with E-state index in [1.165, 1.54) is 0 Å². The Morgan fingerprint density at radius 1 is 0.959 bits per heavy atom. The molecule has 0 aromatic carbocycles. The van der Waals surface area contributed by atoms with E-state index >= 15 is 0 Å². The Morgan fingerprint density at radius 3 is 2.10 bits per heavy atom. The van der Waals surface area contributed by atoms with Crippen LogP contribution in [0.4, 0.5) is 0 Å². The predicted octanol–water partition coefficient (Wildman–Crippen LogP) is 7.51. The smallest absolute Gasteiger partial charge is 0.227 e. The second-order valence-corrected chi connectivity index (χ2v) is 21.0. The molecule has 0 radical (unpaired) electrons. The zero-order chi connectivity index (χ0) is 37.2. The number of amides is 1. The minimum absolute atomic E-state index is 0.00873. The van der Waals surface area contributed by atoms with Crippen LogP contribution >= 0.6 is 0 Å². The van der Waals surface area contributed by atoms with Crippen molar-refractivity contribution in [2.75, 3.05) is 12.3 Å². The summed E-state index contributed by atoms with van der Waals surface area (Å²) in [4.78, 5) is 70.4. The maximum atomic E-state index is 14.6. The van der Waals surface area contributed by atoms with Crippen LogP contribution in [0.1, 0.15) is 146 Å². The number of rotatable bonds is 18. The van der Waals surface area contributed by atoms with Gasteiger partial charge in [0.2, 0.25) is 11.7 Å². The lowest BCUT2D eigenvalue weighted by Crippen LogP contribution is -2.51. The van der Waals surface area contributed by atoms with Crippen molar-refractivity contribution in [3.05, 3.63) is 12.7 Å². The van der Waals surface area contributed by atoms with E-state index in [2.05, 4.69) is 20.4 Å². The number of sulfone groups is 1. The van der Waals surface area contributed by atoms with Gasteiger partial charge in [0.15, 0.2) is 21.4 Å². The Balaban J connectivity index is 1.86. The predicted molar refractivity (Wildman–Crippen MR) is 195 cm³/mol. The molecule has 49 heavy (non-hydrogen) atoms. The molecule has 0 bridgehead atoms. The fourth-order valence-electron chi connectivity index (χ4n) is 8.58. The van der Waals surface area contributed by atoms with Crippen molar-refractivity contribution in [1.29, 1.82) is 0 Å². The molecule has 0 aromatic rings. The summed E-state index contributed by atoms with van der Waals surface area (Å²) in [6.07, 6.45) is 8.27. The Morgan fingerprint density at radius 2 is 1.57 bits per heavy atom. The number of hydrogen-bond acceptors (Lipinski definition) is 7. The van der Waals surface area contributed by atoms with Crippen LogP contribution in [0.3, 0.4) is 0 Å². The van der Waals surface area contributed by atoms with Crippen molar-refractivity contribution < 1.29 is 32.4 Å². The van der Waals surface area contributed by atoms with Gasteiger partial charge in [-0.1, -0.05) is 79.7 Å². The van der Waals surface area contributed by atoms with E-state index in [-0.39, 0.29) is 66.2 Å². The van der Waals surface area contributed by atoms with E-state index in [1.807, 2.05) is 27.7 Å². The number of carbonyl (C=O) groups is 5. The Bertz CT molecular complexity index is 1370. The quantitative estimate of drug-likeness (QED) is 0.107. The van der Waals surface area contributed by atoms with Crippen LogP contribution in [0.15, 0.2) is 12.7 Å². The second kappa shape index (κ2) is 15.6. The average Bonchev–Trinajstić information content (AvgIpc) is 3.30. The van der Waals surface area contributed by atoms with Crippen molar-refractivity contribution in [2.45, 2.75) is 157 Å². The van der Waals surface area contributed by atoms with Gasteiger partial charge in [-0.15, -0.1) is 6.58 Å². The summed E-state index contributed by atoms with van der Waals surface area (Å²) >= 11 is 0. The van der Waals surface area contributed by atoms with E-state index in [4.69, 9.17) is 0 Å². The maximum Gasteiger partial charge on any atom is 0.227 e. The molecule has 5 atom stereocenters. The van der Waals surface area contributed by atoms with Crippen LogP contribution in [-0.4, -0.2) is 65.4 Å². The molecule has 2 aliphatic carbocycles. The van der Waals surface area contributed by atoms with Gasteiger partial charge in [0.25, 0.3) is 0 Å². The third-order valence-corrected chi connectivity index (χ3v) is 14.9. The molecule has 278 valence electrons. The van der Waals surface area contributed by atoms with Gasteiger partial charge in [-0.05, 0) is 74.5 Å². The number of fused-ring (bicyclic) bond motifs is 1. The molecule has 3 fully saturated rings. The van der Waals surface area contributed by atoms with Gasteiger partial charge < -0.3 is 4.90 Å². The fourth-order valence-corrected chi connectivity index (χ4v) is 10.2. The highest BCUT2D eigenvalue weighted by Crippen LogP contribution is 2.65. The van der Waals surface area contributed by atoms with Crippen LogP contribution in [0.2, 0.25) is 0 Å². The zero-order valence-electron chi connectivity index (χ0n) is 32.0. The maximum absolute atomic E-state index is 14.6. The third-order valence-electron chi connectivity index (χ3n) is 12.1. The second-order valence-electron chi connectivity index (χ2n) is 18.3. The molecular formula is C40H65NO7S. The third kappa shape index (κ3) is 9.59. The summed E-state index contributed by atoms with van der Waals surface area (Å²) in [7, 11) is -3.46. The van der Waals surface area contributed by atoms with Gasteiger partial charge in [0.05, 0.1) is 16.5 Å². The SMILES string of the molecule is C=CCCC(=O)C(=O)C(CCCC)CC(=O)[C@@H]1C2[C@H](CN1C(=O)[C@@H](CC(=O)CC1(CS(=O)(=O)C(C)(C)C)CCCCC1)C(C)(C)C)C2(C)C. The Kier molecular flexibility index (Phi) is 13.1. The molecule has 0 spiro atoms. The van der Waals surface area contributed by atoms with Crippen molar-refractivity contribution >= 4 is 38.9 Å². The van der Waals surface area contributed by atoms with Crippen molar-refractivity contribution in [1.82, 2.24) is 4.90 Å². The number of allylic oxidation sites excluding steroid dienone is 1. The van der Waals surface area contributed by atoms with E-state index in [9.17, 15) is 32.4 Å². The van der Waals surface area contributed by atoms with Crippen LogP contribution in [-0.2, 0) is 33.8 Å². The lowest BCUT2D eigenvalue weighted by atomic mass is 9.70. The first-order valence-electron chi connectivity index (χ1n) is 18.8. The minimum Gasteiger partial charge on any atom is -0.332 e. The molecule has 0 N–H and O–H groups in total. The van der Waals surface area contributed by atoms with Gasteiger partial charge >= 0.3 is 0 Å². The molecule has 1 saturated heterocycles. The monoisotopic (exact) mass is 703 g/mol. The van der Waals surface area contributed by atoms with Gasteiger partial charge in [-0.2, -0.15) is 0 Å². The summed E-state index contributed by atoms with van der Waals surface area (Å²) in [5.74, 6) is -2.79. The molecule has 1 aliphatic heterocycles. The van der Waals surface area contributed by atoms with Gasteiger partial charge in [0.1, 0.15) is 5.78 Å². The first-order chi connectivity index (χ1) is 22.5. The van der Waals surface area contributed by atoms with Gasteiger partial charge in [0, 0.05) is 44.1 Å². The summed E-state index contributed by atoms with van der Waals surface area (Å²) in [5, 5.41) is 0. The summed E-state index contributed by atoms with van der Waals surface area (Å²) in [6, 6.07) is -0.700. The van der Waals surface area contributed by atoms with Crippen molar-refractivity contribution in [3.63, 3.8) is 0 Å². The largest absolute Gasteiger partial charge is 0.332 e. The van der Waals surface area contributed by atoms with Crippen LogP contribution in [0.25, 0.3) is 0 Å². The number of ketones is 4. The fraction of sp³-hybridized carbons (Fsp3) is 0.825. The van der Waals surface area contributed by atoms with E-state index in [1.54, 1.807) is 31.7 Å². The lowest BCUT2D eigenvalue weighted by Gasteiger charge is -2.40. The summed E-state index contributed by atoms with van der Waals surface area (Å²) < 4.78 is 25.8. The molecular weight excluding hydrogens is 639 g/mol. The standard InChI is InChI=1S/C40H65NO7S/c1-11-13-18-27(35(45)31(43)19-14-12-2)22-32(44)34-33-30(39(33,9)10)25-41(34)36(46)29(37(3,4)5)23-28(42)24-40(20-16-15-17-21-40)26-49(47,48)38(6,7)8/h12,27,29-30,33-34H,2,11,13-26H2,1,3-10H3/t27?,29-,30+,33?,34-/m1/s1. The van der Waals surface area contributed by atoms with Crippen LogP contribution < -0.4 is 0 Å². The topological polar surface area (TPSA) is 123 Å². The molecule has 0 aromatic heterocycles. The number of hydrogen-bond donors (Lipinski definition) is 0. The van der Waals surface area contributed by atoms with Crippen LogP contribution in [0.5, 0.6) is 0 Å². The molecule has 8 nitrogen and oxygen atoms in total. The van der Waals surface area contributed by atoms with Crippen LogP contribution in [0, 0.1) is 39.9 Å². The van der Waals surface area contributed by atoms with Crippen molar-refractivity contribution in [2.24, 2.45) is 39.9 Å². The average molecular weight is 704 g/mol. The molecule has 3 rings (SSSR count). The molecule has 1 heterocycles. The summed E-state index contributed by atoms with van der Waals surface area (Å²) in [5.41, 5.74) is -1.34. The molecule has 2 saturated carbocycles. The lowest BCUT2D eigenvalue weighted by molar-refractivity contribution is -0.148. The van der Waals surface area contributed by atoms with Crippen molar-refractivity contribution in [3.8, 4) is 0 Å². The number of nitrogens with zero attached hydrogens (tertiary/aromatic N) is 1. The number of piperidine rings is 1. The molecule has 3 aliphatic rings. The van der Waals surface area contributed by atoms with E-state index in [0.717, 1.165) is 32.1 Å². The highest BCUT2D eigenvalue weighted by molar-refractivity contribution is 7.92. The highest BCUT2D eigenvalue weighted by Gasteiger charge is 2.69. The zero-order valence-corrected chi connectivity index (χ0v) is 32.8. The van der Waals surface area contributed by atoms with Gasteiger partial charge in [-0.3, -0.25) is 24.0 Å². The number of unbranched alkanes of at least 4 members (excludes halogenated alkanes) is 1. The Labute approximate surface area is 296 Å². The summed E-state index contributed by atoms with van der Waals surface area (Å²) in [6.45, 7) is 21.2. The highest BCUT2D eigenvalue weighted by atomic mass is 32.2. The number of carbonyl (C=O) groups excluding carboxylic acids is 5. The normalized spacial score (nSPS) is 24.4. The number of likely N-dealkylation sites (tertiary alicyclic amines) is 1. The molecule has 2 unspecified atom stereocenters. The molecule has 9 heteroatoms. The van der Waals surface area contributed by atoms with Gasteiger partial charge in [-0.25, -0.2) is 8.42 Å². The first-order valence-corrected chi connectivity index (χ1v) is 20.4. The first kappa shape index (κ1) is 41.3. The molecule has 1 amide bonds. The number of Topliss-reactive ketones (excluding diaryl/α,β-unsaturated/α-hetero) is 4. The Hall–Kier alpha value is -2.16. The van der Waals surface area contributed by atoms with E-state index < -0.39 is 54.9 Å². The minimum atomic E-state index is -3.46.